The van der Waals surface area contributed by atoms with Crippen molar-refractivity contribution >= 4 is 19.4 Å². The molecule has 25 heavy (non-hydrogen) atoms. The van der Waals surface area contributed by atoms with Crippen molar-refractivity contribution in [2.75, 3.05) is 6.54 Å². The van der Waals surface area contributed by atoms with Gasteiger partial charge in [0.15, 0.2) is 0 Å². The molecule has 4 rings (SSSR count). The number of likely N-dealkylation sites (tertiary alicyclic amines) is 1. The third-order valence-electron chi connectivity index (χ3n) is 4.82. The second kappa shape index (κ2) is 8.01. The van der Waals surface area contributed by atoms with E-state index in [4.69, 9.17) is 0 Å². The molecule has 3 aromatic rings. The molecule has 1 aliphatic heterocycles. The van der Waals surface area contributed by atoms with Gasteiger partial charge in [-0.2, -0.15) is 0 Å². The van der Waals surface area contributed by atoms with Gasteiger partial charge in [0.1, 0.15) is 0 Å². The van der Waals surface area contributed by atoms with Gasteiger partial charge in [-0.3, -0.25) is 0 Å². The van der Waals surface area contributed by atoms with E-state index in [1.807, 2.05) is 0 Å². The minimum atomic E-state index is 0.539. The van der Waals surface area contributed by atoms with Gasteiger partial charge in [-0.05, 0) is 0 Å². The first kappa shape index (κ1) is 16.6. The summed E-state index contributed by atoms with van der Waals surface area (Å²) in [5, 5.41) is 0. The number of rotatable bonds is 5. The van der Waals surface area contributed by atoms with Crippen molar-refractivity contribution in [3.05, 3.63) is 102 Å². The molecule has 0 amide bonds. The van der Waals surface area contributed by atoms with Crippen molar-refractivity contribution in [1.82, 2.24) is 4.90 Å². The van der Waals surface area contributed by atoms with Gasteiger partial charge in [-0.25, -0.2) is 0 Å². The van der Waals surface area contributed by atoms with Crippen LogP contribution in [0.3, 0.4) is 0 Å². The van der Waals surface area contributed by atoms with Crippen LogP contribution in [0.15, 0.2) is 91.0 Å². The fraction of sp³-hybridized carbons (Fsp3) is 0.217. The zero-order valence-corrected chi connectivity index (χ0v) is 16.0. The average molecular weight is 392 g/mol. The molecule has 0 aromatic heterocycles. The van der Waals surface area contributed by atoms with Gasteiger partial charge in [0, 0.05) is 0 Å². The number of nitrogens with zero attached hydrogens (tertiary/aromatic N) is 1. The Morgan fingerprint density at radius 1 is 0.760 bits per heavy atom. The van der Waals surface area contributed by atoms with Crippen molar-refractivity contribution < 1.29 is 0 Å². The van der Waals surface area contributed by atoms with Gasteiger partial charge in [0.05, 0.1) is 0 Å². The normalized spacial score (nSPS) is 20.6. The van der Waals surface area contributed by atoms with Crippen LogP contribution in [0.25, 0.3) is 0 Å². The van der Waals surface area contributed by atoms with Crippen molar-refractivity contribution in [3.8, 4) is 0 Å². The van der Waals surface area contributed by atoms with E-state index in [2.05, 4.69) is 95.9 Å². The molecule has 2 heteroatoms. The molecule has 1 heterocycles. The summed E-state index contributed by atoms with van der Waals surface area (Å²) >= 11 is 0.541. The molecular weight excluding hydrogens is 369 g/mol. The van der Waals surface area contributed by atoms with Gasteiger partial charge >= 0.3 is 157 Å². The van der Waals surface area contributed by atoms with E-state index in [1.165, 1.54) is 28.6 Å². The standard InChI is InChI=1S/C23H23NSe/c1-4-10-19(11-5-1)17-24-18-22(25-21-14-8-3-9-15-21)16-23(24)20-12-6-2-7-13-20/h1-15,22-23H,16-18H2/t22-,23-/m1/s1. The molecule has 1 nitrogen and oxygen atoms in total. The number of benzene rings is 3. The van der Waals surface area contributed by atoms with Crippen LogP contribution in [0.1, 0.15) is 23.6 Å². The molecule has 1 fully saturated rings. The molecule has 3 aromatic carbocycles. The van der Waals surface area contributed by atoms with Crippen molar-refractivity contribution in [3.63, 3.8) is 0 Å². The van der Waals surface area contributed by atoms with Crippen molar-refractivity contribution in [2.45, 2.75) is 23.8 Å². The maximum absolute atomic E-state index is 2.68. The second-order valence-electron chi connectivity index (χ2n) is 6.63. The second-order valence-corrected chi connectivity index (χ2v) is 9.51. The molecule has 0 unspecified atom stereocenters. The summed E-state index contributed by atoms with van der Waals surface area (Å²) in [6, 6.07) is 33.5. The Kier molecular flexibility index (Phi) is 5.32. The van der Waals surface area contributed by atoms with Crippen molar-refractivity contribution in [1.29, 1.82) is 0 Å². The maximum atomic E-state index is 2.68. The quantitative estimate of drug-likeness (QED) is 0.580. The Morgan fingerprint density at radius 3 is 2.04 bits per heavy atom. The van der Waals surface area contributed by atoms with E-state index in [9.17, 15) is 0 Å². The van der Waals surface area contributed by atoms with Gasteiger partial charge in [-0.1, -0.05) is 0 Å². The number of hydrogen-bond acceptors (Lipinski definition) is 1. The van der Waals surface area contributed by atoms with Crippen LogP contribution in [0.5, 0.6) is 0 Å². The Bertz CT molecular complexity index is 773. The van der Waals surface area contributed by atoms with E-state index < -0.39 is 0 Å². The summed E-state index contributed by atoms with van der Waals surface area (Å²) in [6.45, 7) is 2.24. The summed E-state index contributed by atoms with van der Waals surface area (Å²) in [5.41, 5.74) is 2.88. The summed E-state index contributed by atoms with van der Waals surface area (Å²) in [5.74, 6) is 0. The molecule has 0 N–H and O–H groups in total. The topological polar surface area (TPSA) is 3.24 Å². The van der Waals surface area contributed by atoms with E-state index in [0.717, 1.165) is 11.4 Å². The van der Waals surface area contributed by atoms with Gasteiger partial charge in [-0.15, -0.1) is 0 Å². The van der Waals surface area contributed by atoms with E-state index in [-0.39, 0.29) is 0 Å². The van der Waals surface area contributed by atoms with Crippen LogP contribution in [-0.4, -0.2) is 26.4 Å². The zero-order valence-electron chi connectivity index (χ0n) is 14.3. The van der Waals surface area contributed by atoms with Gasteiger partial charge in [0.2, 0.25) is 0 Å². The Hall–Kier alpha value is -1.86. The minimum absolute atomic E-state index is 0.539. The van der Waals surface area contributed by atoms with Crippen LogP contribution in [0, 0.1) is 0 Å². The molecule has 0 aliphatic carbocycles. The Balaban J connectivity index is 1.53. The third-order valence-corrected chi connectivity index (χ3v) is 7.38. The third kappa shape index (κ3) is 4.22. The predicted molar refractivity (Wildman–Crippen MR) is 106 cm³/mol. The van der Waals surface area contributed by atoms with E-state index in [1.54, 1.807) is 0 Å². The summed E-state index contributed by atoms with van der Waals surface area (Å²) in [6.07, 6.45) is 1.27. The average Bonchev–Trinajstić information content (AvgIpc) is 3.06. The van der Waals surface area contributed by atoms with Gasteiger partial charge < -0.3 is 0 Å². The summed E-state index contributed by atoms with van der Waals surface area (Å²) in [7, 11) is 0. The number of hydrogen-bond donors (Lipinski definition) is 0. The van der Waals surface area contributed by atoms with Gasteiger partial charge in [0.25, 0.3) is 0 Å². The van der Waals surface area contributed by atoms with Crippen LogP contribution < -0.4 is 4.46 Å². The first-order valence-corrected chi connectivity index (χ1v) is 10.8. The molecular formula is C23H23NSe. The van der Waals surface area contributed by atoms with E-state index >= 15 is 0 Å². The van der Waals surface area contributed by atoms with E-state index in [0.29, 0.717) is 21.0 Å². The Morgan fingerprint density at radius 2 is 1.36 bits per heavy atom. The van der Waals surface area contributed by atoms with Crippen LogP contribution in [-0.2, 0) is 6.54 Å². The zero-order chi connectivity index (χ0) is 16.9. The SMILES string of the molecule is c1ccc(CN2C[C@H]([Se]c3ccccc3)C[C@@H]2c2ccccc2)cc1. The molecule has 0 saturated carbocycles. The monoisotopic (exact) mass is 393 g/mol. The van der Waals surface area contributed by atoms with Crippen LogP contribution >= 0.6 is 0 Å². The molecule has 1 saturated heterocycles. The molecule has 2 atom stereocenters. The first-order valence-electron chi connectivity index (χ1n) is 8.93. The molecule has 0 bridgehead atoms. The molecule has 1 aliphatic rings. The fourth-order valence-corrected chi connectivity index (χ4v) is 6.26. The molecule has 0 radical (unpaired) electrons. The predicted octanol–water partition coefficient (Wildman–Crippen LogP) is 4.45. The molecule has 0 spiro atoms. The summed E-state index contributed by atoms with van der Waals surface area (Å²) < 4.78 is 1.52. The van der Waals surface area contributed by atoms with Crippen molar-refractivity contribution in [2.24, 2.45) is 0 Å². The molecule has 126 valence electrons. The fourth-order valence-electron chi connectivity index (χ4n) is 3.65. The summed E-state index contributed by atoms with van der Waals surface area (Å²) in [4.78, 5) is 3.46. The first-order chi connectivity index (χ1) is 12.4. The van der Waals surface area contributed by atoms with Crippen LogP contribution in [0.2, 0.25) is 4.82 Å². The van der Waals surface area contributed by atoms with Crippen LogP contribution in [0.4, 0.5) is 0 Å². The Labute approximate surface area is 156 Å².